The van der Waals surface area contributed by atoms with Crippen LogP contribution in [0.1, 0.15) is 16.9 Å². The fourth-order valence-electron chi connectivity index (χ4n) is 1.93. The zero-order valence-corrected chi connectivity index (χ0v) is 9.29. The largest absolute Gasteiger partial charge is 0.467 e. The first kappa shape index (κ1) is 11.6. The second-order valence-corrected chi connectivity index (χ2v) is 3.85. The molecule has 1 amide bonds. The van der Waals surface area contributed by atoms with Gasteiger partial charge in [0.05, 0.1) is 25.7 Å². The summed E-state index contributed by atoms with van der Waals surface area (Å²) in [4.78, 5) is 31.2. The molecule has 2 rings (SSSR count). The molecule has 2 heterocycles. The zero-order valence-electron chi connectivity index (χ0n) is 9.29. The molecule has 2 atom stereocenters. The van der Waals surface area contributed by atoms with E-state index < -0.39 is 18.1 Å². The lowest BCUT2D eigenvalue weighted by atomic mass is 10.2. The molecule has 0 bridgehead atoms. The summed E-state index contributed by atoms with van der Waals surface area (Å²) in [5.74, 6) is -0.885. The molecule has 1 aliphatic rings. The van der Waals surface area contributed by atoms with Crippen molar-refractivity contribution in [2.75, 3.05) is 13.7 Å². The molecule has 0 saturated carbocycles. The van der Waals surface area contributed by atoms with Crippen LogP contribution < -0.4 is 0 Å². The third kappa shape index (κ3) is 2.14. The summed E-state index contributed by atoms with van der Waals surface area (Å²) < 4.78 is 4.61. The smallest absolute Gasteiger partial charge is 0.328 e. The number of amides is 1. The van der Waals surface area contributed by atoms with E-state index in [0.29, 0.717) is 0 Å². The van der Waals surface area contributed by atoms with E-state index in [1.54, 1.807) is 0 Å². The van der Waals surface area contributed by atoms with Gasteiger partial charge in [0.15, 0.2) is 0 Å². The standard InChI is InChI=1S/C10H13N3O4/c1-17-10(16)8-2-6(14)4-13(8)9(15)7-3-11-5-12-7/h3,5-6,8,14H,2,4H2,1H3,(H,11,12). The Hall–Kier alpha value is -1.89. The van der Waals surface area contributed by atoms with Crippen LogP contribution in [-0.4, -0.2) is 57.7 Å². The fourth-order valence-corrected chi connectivity index (χ4v) is 1.93. The maximum absolute atomic E-state index is 12.0. The van der Waals surface area contributed by atoms with Gasteiger partial charge in [0.2, 0.25) is 0 Å². The minimum Gasteiger partial charge on any atom is -0.467 e. The number of aromatic nitrogens is 2. The predicted octanol–water partition coefficient (Wildman–Crippen LogP) is -0.842. The number of hydrogen-bond acceptors (Lipinski definition) is 5. The molecule has 0 spiro atoms. The van der Waals surface area contributed by atoms with Gasteiger partial charge >= 0.3 is 5.97 Å². The van der Waals surface area contributed by atoms with Gasteiger partial charge in [-0.2, -0.15) is 0 Å². The van der Waals surface area contributed by atoms with Gasteiger partial charge in [-0.05, 0) is 0 Å². The normalized spacial score (nSPS) is 23.8. The van der Waals surface area contributed by atoms with Crippen molar-refractivity contribution in [2.24, 2.45) is 0 Å². The molecule has 1 aromatic heterocycles. The quantitative estimate of drug-likeness (QED) is 0.656. The van der Waals surface area contributed by atoms with Crippen molar-refractivity contribution in [3.8, 4) is 0 Å². The molecule has 0 radical (unpaired) electrons. The van der Waals surface area contributed by atoms with Crippen LogP contribution in [0.3, 0.4) is 0 Å². The Morgan fingerprint density at radius 2 is 2.41 bits per heavy atom. The van der Waals surface area contributed by atoms with Gasteiger partial charge in [0, 0.05) is 13.0 Å². The van der Waals surface area contributed by atoms with Crippen LogP contribution in [0.2, 0.25) is 0 Å². The van der Waals surface area contributed by atoms with Gasteiger partial charge in [-0.15, -0.1) is 0 Å². The number of nitrogens with zero attached hydrogens (tertiary/aromatic N) is 2. The Morgan fingerprint density at radius 1 is 1.65 bits per heavy atom. The fraction of sp³-hybridized carbons (Fsp3) is 0.500. The minimum atomic E-state index is -0.731. The van der Waals surface area contributed by atoms with Crippen LogP contribution in [0.5, 0.6) is 0 Å². The van der Waals surface area contributed by atoms with E-state index in [1.165, 1.54) is 24.5 Å². The van der Waals surface area contributed by atoms with Gasteiger partial charge in [0.1, 0.15) is 11.7 Å². The molecule has 1 aromatic rings. The van der Waals surface area contributed by atoms with E-state index >= 15 is 0 Å². The Kier molecular flexibility index (Phi) is 3.10. The minimum absolute atomic E-state index is 0.123. The number of likely N-dealkylation sites (tertiary alicyclic amines) is 1. The number of β-amino-alcohol motifs (C(OH)–C–C–N with tert-alkyl or cyclic N) is 1. The number of aliphatic hydroxyl groups is 1. The summed E-state index contributed by atoms with van der Waals surface area (Å²) >= 11 is 0. The summed E-state index contributed by atoms with van der Waals surface area (Å²) in [6.45, 7) is 0.123. The molecule has 2 unspecified atom stereocenters. The lowest BCUT2D eigenvalue weighted by molar-refractivity contribution is -0.145. The number of H-pyrrole nitrogens is 1. The number of carbonyl (C=O) groups is 2. The maximum Gasteiger partial charge on any atom is 0.328 e. The molecule has 2 N–H and O–H groups in total. The van der Waals surface area contributed by atoms with Crippen LogP contribution in [0.4, 0.5) is 0 Å². The summed E-state index contributed by atoms with van der Waals surface area (Å²) in [5.41, 5.74) is 0.285. The molecule has 7 nitrogen and oxygen atoms in total. The number of aromatic amines is 1. The van der Waals surface area contributed by atoms with Crippen molar-refractivity contribution < 1.29 is 19.4 Å². The van der Waals surface area contributed by atoms with Gasteiger partial charge < -0.3 is 19.7 Å². The zero-order chi connectivity index (χ0) is 12.4. The highest BCUT2D eigenvalue weighted by molar-refractivity contribution is 5.95. The highest BCUT2D eigenvalue weighted by atomic mass is 16.5. The molecular formula is C10H13N3O4. The summed E-state index contributed by atoms with van der Waals surface area (Å²) in [6, 6.07) is -0.731. The van der Waals surface area contributed by atoms with Crippen molar-refractivity contribution in [3.63, 3.8) is 0 Å². The van der Waals surface area contributed by atoms with Crippen molar-refractivity contribution in [1.82, 2.24) is 14.9 Å². The van der Waals surface area contributed by atoms with E-state index in [0.717, 1.165) is 0 Å². The Bertz CT molecular complexity index is 417. The molecule has 0 aromatic carbocycles. The maximum atomic E-state index is 12.0. The number of rotatable bonds is 2. The van der Waals surface area contributed by atoms with Crippen molar-refractivity contribution in [2.45, 2.75) is 18.6 Å². The summed E-state index contributed by atoms with van der Waals surface area (Å²) in [5, 5.41) is 9.53. The monoisotopic (exact) mass is 239 g/mol. The molecule has 92 valence electrons. The van der Waals surface area contributed by atoms with Crippen LogP contribution >= 0.6 is 0 Å². The molecule has 1 aliphatic heterocycles. The number of methoxy groups -OCH3 is 1. The number of carbonyl (C=O) groups excluding carboxylic acids is 2. The molecule has 0 aliphatic carbocycles. The number of ether oxygens (including phenoxy) is 1. The predicted molar refractivity (Wildman–Crippen MR) is 56.1 cm³/mol. The first-order valence-corrected chi connectivity index (χ1v) is 5.18. The third-order valence-electron chi connectivity index (χ3n) is 2.74. The SMILES string of the molecule is COC(=O)C1CC(O)CN1C(=O)c1cnc[nH]1. The van der Waals surface area contributed by atoms with Gasteiger partial charge in [0.25, 0.3) is 5.91 Å². The second-order valence-electron chi connectivity index (χ2n) is 3.85. The molecule has 1 fully saturated rings. The summed E-state index contributed by atoms with van der Waals surface area (Å²) in [6.07, 6.45) is 2.26. The van der Waals surface area contributed by atoms with Crippen LogP contribution in [0, 0.1) is 0 Å². The average molecular weight is 239 g/mol. The molecule has 17 heavy (non-hydrogen) atoms. The molecular weight excluding hydrogens is 226 g/mol. The lowest BCUT2D eigenvalue weighted by Gasteiger charge is -2.21. The van der Waals surface area contributed by atoms with Crippen molar-refractivity contribution in [1.29, 1.82) is 0 Å². The Labute approximate surface area is 97.4 Å². The second kappa shape index (κ2) is 4.54. The Morgan fingerprint density at radius 3 is 3.00 bits per heavy atom. The highest BCUT2D eigenvalue weighted by Gasteiger charge is 2.40. The first-order valence-electron chi connectivity index (χ1n) is 5.18. The topological polar surface area (TPSA) is 95.5 Å². The Balaban J connectivity index is 2.18. The van der Waals surface area contributed by atoms with E-state index in [4.69, 9.17) is 0 Å². The third-order valence-corrected chi connectivity index (χ3v) is 2.74. The lowest BCUT2D eigenvalue weighted by Crippen LogP contribution is -2.41. The number of hydrogen-bond donors (Lipinski definition) is 2. The highest BCUT2D eigenvalue weighted by Crippen LogP contribution is 2.20. The number of imidazole rings is 1. The van der Waals surface area contributed by atoms with Gasteiger partial charge in [-0.1, -0.05) is 0 Å². The summed E-state index contributed by atoms with van der Waals surface area (Å²) in [7, 11) is 1.26. The number of nitrogens with one attached hydrogen (secondary N) is 1. The van der Waals surface area contributed by atoms with E-state index in [9.17, 15) is 14.7 Å². The first-order chi connectivity index (χ1) is 8.13. The molecule has 1 saturated heterocycles. The van der Waals surface area contributed by atoms with Crippen LogP contribution in [0.25, 0.3) is 0 Å². The van der Waals surface area contributed by atoms with Gasteiger partial charge in [-0.3, -0.25) is 4.79 Å². The van der Waals surface area contributed by atoms with Crippen LogP contribution in [-0.2, 0) is 9.53 Å². The van der Waals surface area contributed by atoms with Crippen molar-refractivity contribution in [3.05, 3.63) is 18.2 Å². The van der Waals surface area contributed by atoms with E-state index in [2.05, 4.69) is 14.7 Å². The van der Waals surface area contributed by atoms with Crippen LogP contribution in [0.15, 0.2) is 12.5 Å². The van der Waals surface area contributed by atoms with E-state index in [-0.39, 0.29) is 24.6 Å². The number of aliphatic hydroxyl groups excluding tert-OH is 1. The average Bonchev–Trinajstić information content (AvgIpc) is 2.95. The van der Waals surface area contributed by atoms with Gasteiger partial charge in [-0.25, -0.2) is 9.78 Å². The molecule has 7 heteroatoms. The van der Waals surface area contributed by atoms with Crippen molar-refractivity contribution >= 4 is 11.9 Å². The number of esters is 1. The van der Waals surface area contributed by atoms with E-state index in [1.807, 2.05) is 0 Å².